The number of carbonyl (C=O) groups excluding carboxylic acids is 3. The van der Waals surface area contributed by atoms with Crippen molar-refractivity contribution >= 4 is 17.9 Å². The van der Waals surface area contributed by atoms with Crippen molar-refractivity contribution in [3.05, 3.63) is 134 Å². The van der Waals surface area contributed by atoms with Crippen LogP contribution in [0.25, 0.3) is 0 Å². The molecule has 0 aliphatic rings. The maximum absolute atomic E-state index is 12.9. The van der Waals surface area contributed by atoms with E-state index in [4.69, 9.17) is 14.2 Å². The minimum Gasteiger partial charge on any atom is -0.462 e. The van der Waals surface area contributed by atoms with Crippen LogP contribution in [0.1, 0.15) is 316 Å². The molecule has 0 aliphatic heterocycles. The molecule has 0 aromatic carbocycles. The molecule has 6 heteroatoms. The third-order valence-electron chi connectivity index (χ3n) is 14.6. The van der Waals surface area contributed by atoms with E-state index in [1.54, 1.807) is 0 Å². The molecular formula is C77H128O6. The smallest absolute Gasteiger partial charge is 0.306 e. The van der Waals surface area contributed by atoms with Gasteiger partial charge >= 0.3 is 17.9 Å². The van der Waals surface area contributed by atoms with Crippen LogP contribution >= 0.6 is 0 Å². The Balaban J connectivity index is 4.20. The normalized spacial score (nSPS) is 13.0. The Morgan fingerprint density at radius 3 is 0.783 bits per heavy atom. The summed E-state index contributed by atoms with van der Waals surface area (Å²) in [7, 11) is 0. The summed E-state index contributed by atoms with van der Waals surface area (Å²) in [4.78, 5) is 38.3. The van der Waals surface area contributed by atoms with E-state index in [2.05, 4.69) is 154 Å². The summed E-state index contributed by atoms with van der Waals surface area (Å²) in [5, 5.41) is 0. The van der Waals surface area contributed by atoms with E-state index >= 15 is 0 Å². The lowest BCUT2D eigenvalue weighted by molar-refractivity contribution is -0.167. The first-order valence-electron chi connectivity index (χ1n) is 34.7. The zero-order chi connectivity index (χ0) is 59.9. The summed E-state index contributed by atoms with van der Waals surface area (Å²) in [6.45, 7) is 6.46. The molecule has 0 N–H and O–H groups in total. The third kappa shape index (κ3) is 68.2. The minimum absolute atomic E-state index is 0.0876. The van der Waals surface area contributed by atoms with Gasteiger partial charge < -0.3 is 14.2 Å². The molecule has 0 aromatic heterocycles. The van der Waals surface area contributed by atoms with Gasteiger partial charge in [-0.25, -0.2) is 0 Å². The predicted octanol–water partition coefficient (Wildman–Crippen LogP) is 24.1. The van der Waals surface area contributed by atoms with E-state index in [1.807, 2.05) is 0 Å². The Bertz CT molecular complexity index is 1750. The summed E-state index contributed by atoms with van der Waals surface area (Å²) < 4.78 is 16.9. The lowest BCUT2D eigenvalue weighted by Crippen LogP contribution is -2.30. The zero-order valence-corrected chi connectivity index (χ0v) is 54.2. The number of esters is 3. The van der Waals surface area contributed by atoms with Crippen LogP contribution in [0.4, 0.5) is 0 Å². The van der Waals surface area contributed by atoms with E-state index < -0.39 is 6.10 Å². The molecule has 83 heavy (non-hydrogen) atoms. The first kappa shape index (κ1) is 78.5. The second-order valence-corrected chi connectivity index (χ2v) is 22.7. The van der Waals surface area contributed by atoms with Crippen LogP contribution in [0, 0.1) is 0 Å². The fourth-order valence-electron chi connectivity index (χ4n) is 9.41. The van der Waals surface area contributed by atoms with Crippen LogP contribution < -0.4 is 0 Å². The monoisotopic (exact) mass is 1150 g/mol. The number of hydrogen-bond acceptors (Lipinski definition) is 6. The standard InChI is InChI=1S/C77H128O6/c1-4-7-10-13-16-19-22-24-26-28-30-31-32-33-34-35-36-37-38-39-40-41-42-43-44-45-47-48-50-52-55-58-61-64-67-70-76(79)82-73-74(72-81-75(78)69-66-63-60-57-54-21-18-15-12-9-6-3)83-77(80)71-68-65-62-59-56-53-51-49-46-29-27-25-23-20-17-14-11-8-5-2/h7,10,15-20,24-27,30-31,33-34,36-37,39-40,46,49,74H,4-6,8-9,11-14,21-23,28-29,32,35,38,41-45,47-48,50-73H2,1-3H3/b10-7-,18-15-,19-16-,20-17-,26-24-,27-25-,31-30-,34-33-,37-36-,40-39-,49-46-. The molecule has 0 aromatic rings. The van der Waals surface area contributed by atoms with Crippen LogP contribution in [-0.2, 0) is 28.6 Å². The zero-order valence-electron chi connectivity index (χ0n) is 54.2. The molecule has 472 valence electrons. The average Bonchev–Trinajstić information content (AvgIpc) is 3.48. The van der Waals surface area contributed by atoms with Gasteiger partial charge in [0, 0.05) is 19.3 Å². The molecule has 0 fully saturated rings. The SMILES string of the molecule is CC/C=C\C/C=C\C/C=C\C/C=C\C/C=C\C/C=C\C/C=C\CCCCCCCCCCCCCCCC(=O)OCC(COC(=O)CCCCCCC/C=C\CCCC)OC(=O)CCCCCCCC/C=C\C/C=C\C/C=C\CCCCC. The largest absolute Gasteiger partial charge is 0.462 e. The van der Waals surface area contributed by atoms with Crippen molar-refractivity contribution in [2.24, 2.45) is 0 Å². The first-order valence-corrected chi connectivity index (χ1v) is 34.7. The second kappa shape index (κ2) is 70.0. The Labute approximate surface area is 513 Å². The van der Waals surface area contributed by atoms with E-state index in [-0.39, 0.29) is 31.1 Å². The van der Waals surface area contributed by atoms with Gasteiger partial charge in [0.25, 0.3) is 0 Å². The summed E-state index contributed by atoms with van der Waals surface area (Å²) in [5.74, 6) is -0.905. The Morgan fingerprint density at radius 2 is 0.482 bits per heavy atom. The molecule has 0 spiro atoms. The highest BCUT2D eigenvalue weighted by Crippen LogP contribution is 2.16. The van der Waals surface area contributed by atoms with E-state index in [0.29, 0.717) is 19.3 Å². The number of ether oxygens (including phenoxy) is 3. The molecule has 0 amide bonds. The van der Waals surface area contributed by atoms with Crippen molar-refractivity contribution < 1.29 is 28.6 Å². The van der Waals surface area contributed by atoms with Gasteiger partial charge in [0.15, 0.2) is 6.10 Å². The topological polar surface area (TPSA) is 78.9 Å². The maximum atomic E-state index is 12.9. The van der Waals surface area contributed by atoms with Crippen LogP contribution in [0.5, 0.6) is 0 Å². The van der Waals surface area contributed by atoms with Gasteiger partial charge in [0.2, 0.25) is 0 Å². The highest BCUT2D eigenvalue weighted by atomic mass is 16.6. The minimum atomic E-state index is -0.792. The highest BCUT2D eigenvalue weighted by molar-refractivity contribution is 5.71. The molecule has 0 saturated carbocycles. The molecular weight excluding hydrogens is 1020 g/mol. The summed E-state index contributed by atoms with van der Waals surface area (Å²) in [6.07, 6.45) is 99.1. The quantitative estimate of drug-likeness (QED) is 0.0261. The van der Waals surface area contributed by atoms with Gasteiger partial charge in [-0.15, -0.1) is 0 Å². The number of carbonyl (C=O) groups is 3. The van der Waals surface area contributed by atoms with Crippen molar-refractivity contribution in [1.29, 1.82) is 0 Å². The van der Waals surface area contributed by atoms with Crippen LogP contribution in [0.3, 0.4) is 0 Å². The van der Waals surface area contributed by atoms with Crippen molar-refractivity contribution in [2.45, 2.75) is 322 Å². The van der Waals surface area contributed by atoms with Gasteiger partial charge in [-0.3, -0.25) is 14.4 Å². The van der Waals surface area contributed by atoms with Gasteiger partial charge in [-0.1, -0.05) is 296 Å². The van der Waals surface area contributed by atoms with Gasteiger partial charge in [0.05, 0.1) is 0 Å². The van der Waals surface area contributed by atoms with E-state index in [9.17, 15) is 14.4 Å². The molecule has 0 radical (unpaired) electrons. The van der Waals surface area contributed by atoms with Gasteiger partial charge in [-0.2, -0.15) is 0 Å². The van der Waals surface area contributed by atoms with Crippen molar-refractivity contribution in [3.63, 3.8) is 0 Å². The average molecular weight is 1150 g/mol. The van der Waals surface area contributed by atoms with Crippen LogP contribution in [0.15, 0.2) is 134 Å². The van der Waals surface area contributed by atoms with Crippen molar-refractivity contribution in [1.82, 2.24) is 0 Å². The van der Waals surface area contributed by atoms with E-state index in [1.165, 1.54) is 141 Å². The fraction of sp³-hybridized carbons (Fsp3) is 0.675. The molecule has 0 rings (SSSR count). The second-order valence-electron chi connectivity index (χ2n) is 22.7. The highest BCUT2D eigenvalue weighted by Gasteiger charge is 2.19. The van der Waals surface area contributed by atoms with Crippen molar-refractivity contribution in [2.75, 3.05) is 13.2 Å². The molecule has 1 unspecified atom stereocenters. The summed E-state index contributed by atoms with van der Waals surface area (Å²) in [5.41, 5.74) is 0. The predicted molar refractivity (Wildman–Crippen MR) is 362 cm³/mol. The van der Waals surface area contributed by atoms with Crippen LogP contribution in [0.2, 0.25) is 0 Å². The summed E-state index contributed by atoms with van der Waals surface area (Å²) >= 11 is 0. The number of rotatable bonds is 62. The third-order valence-corrected chi connectivity index (χ3v) is 14.6. The maximum Gasteiger partial charge on any atom is 0.306 e. The first-order chi connectivity index (χ1) is 41.0. The van der Waals surface area contributed by atoms with Crippen molar-refractivity contribution in [3.8, 4) is 0 Å². The lowest BCUT2D eigenvalue weighted by Gasteiger charge is -2.18. The molecule has 0 bridgehead atoms. The number of hydrogen-bond donors (Lipinski definition) is 0. The van der Waals surface area contributed by atoms with E-state index in [0.717, 1.165) is 135 Å². The Kier molecular flexibility index (Phi) is 66.3. The molecule has 1 atom stereocenters. The van der Waals surface area contributed by atoms with Gasteiger partial charge in [-0.05, 0) is 135 Å². The van der Waals surface area contributed by atoms with Gasteiger partial charge in [0.1, 0.15) is 13.2 Å². The molecule has 0 saturated heterocycles. The Hall–Kier alpha value is -4.45. The molecule has 6 nitrogen and oxygen atoms in total. The number of allylic oxidation sites excluding steroid dienone is 22. The molecule has 0 heterocycles. The molecule has 0 aliphatic carbocycles. The summed E-state index contributed by atoms with van der Waals surface area (Å²) in [6, 6.07) is 0. The lowest BCUT2D eigenvalue weighted by atomic mass is 10.0. The Morgan fingerprint density at radius 1 is 0.253 bits per heavy atom. The fourth-order valence-corrected chi connectivity index (χ4v) is 9.41. The number of unbranched alkanes of at least 4 members (excludes halogenated alkanes) is 29. The van der Waals surface area contributed by atoms with Crippen LogP contribution in [-0.4, -0.2) is 37.2 Å².